The Balaban J connectivity index is 2.00. The molecule has 0 saturated heterocycles. The molecule has 112 valence electrons. The van der Waals surface area contributed by atoms with Gasteiger partial charge in [-0.15, -0.1) is 0 Å². The van der Waals surface area contributed by atoms with Gasteiger partial charge in [0.1, 0.15) is 0 Å². The summed E-state index contributed by atoms with van der Waals surface area (Å²) in [5.41, 5.74) is 0.844. The molecule has 1 aliphatic rings. The van der Waals surface area contributed by atoms with Crippen molar-refractivity contribution in [3.63, 3.8) is 0 Å². The van der Waals surface area contributed by atoms with Crippen LogP contribution in [0.5, 0.6) is 0 Å². The molecule has 8 heteroatoms. The van der Waals surface area contributed by atoms with Crippen molar-refractivity contribution in [1.82, 2.24) is 5.32 Å². The first-order valence-electron chi connectivity index (χ1n) is 6.14. The van der Waals surface area contributed by atoms with Gasteiger partial charge in [0.2, 0.25) is 0 Å². The maximum atomic E-state index is 11.8. The number of urea groups is 1. The minimum Gasteiger partial charge on any atom is -0.481 e. The molecule has 0 aliphatic carbocycles. The van der Waals surface area contributed by atoms with Gasteiger partial charge in [-0.25, -0.2) is 13.2 Å². The fourth-order valence-corrected chi connectivity index (χ4v) is 3.19. The van der Waals surface area contributed by atoms with E-state index in [-0.39, 0.29) is 12.2 Å². The summed E-state index contributed by atoms with van der Waals surface area (Å²) >= 11 is 0. The van der Waals surface area contributed by atoms with Crippen molar-refractivity contribution in [3.05, 3.63) is 41.3 Å². The van der Waals surface area contributed by atoms with Gasteiger partial charge in [0.25, 0.3) is 0 Å². The van der Waals surface area contributed by atoms with Gasteiger partial charge >= 0.3 is 12.0 Å². The molecule has 0 radical (unpaired) electrons. The second-order valence-corrected chi connectivity index (χ2v) is 6.52. The second-order valence-electron chi connectivity index (χ2n) is 4.59. The van der Waals surface area contributed by atoms with Gasteiger partial charge in [0.15, 0.2) is 9.84 Å². The monoisotopic (exact) mass is 310 g/mol. The Morgan fingerprint density at radius 3 is 2.62 bits per heavy atom. The van der Waals surface area contributed by atoms with Crippen LogP contribution in [0, 0.1) is 0 Å². The lowest BCUT2D eigenvalue weighted by molar-refractivity contribution is -0.136. The van der Waals surface area contributed by atoms with Gasteiger partial charge in [-0.2, -0.15) is 0 Å². The summed E-state index contributed by atoms with van der Waals surface area (Å²) < 4.78 is 22.5. The summed E-state index contributed by atoms with van der Waals surface area (Å²) in [7, 11) is -3.24. The van der Waals surface area contributed by atoms with E-state index in [1.54, 1.807) is 24.3 Å². The maximum Gasteiger partial charge on any atom is 0.319 e. The number of anilines is 1. The predicted molar refractivity (Wildman–Crippen MR) is 76.7 cm³/mol. The number of hydrogen-bond donors (Lipinski definition) is 3. The van der Waals surface area contributed by atoms with E-state index in [0.717, 1.165) is 5.41 Å². The molecular formula is C13H14N2O5S. The number of sulfone groups is 1. The zero-order valence-corrected chi connectivity index (χ0v) is 11.8. The summed E-state index contributed by atoms with van der Waals surface area (Å²) in [6.45, 7) is 0. The van der Waals surface area contributed by atoms with Crippen molar-refractivity contribution >= 4 is 27.5 Å². The topological polar surface area (TPSA) is 113 Å². The summed E-state index contributed by atoms with van der Waals surface area (Å²) in [4.78, 5) is 22.6. The van der Waals surface area contributed by atoms with Crippen molar-refractivity contribution in [3.8, 4) is 0 Å². The van der Waals surface area contributed by atoms with E-state index in [2.05, 4.69) is 10.6 Å². The fourth-order valence-electron chi connectivity index (χ4n) is 1.95. The third kappa shape index (κ3) is 4.32. The highest BCUT2D eigenvalue weighted by atomic mass is 32.2. The molecular weight excluding hydrogens is 296 g/mol. The first-order chi connectivity index (χ1) is 9.85. The van der Waals surface area contributed by atoms with Crippen molar-refractivity contribution in [2.75, 3.05) is 11.1 Å². The highest BCUT2D eigenvalue weighted by molar-refractivity contribution is 7.94. The van der Waals surface area contributed by atoms with Crippen LogP contribution >= 0.6 is 0 Å². The quantitative estimate of drug-likeness (QED) is 0.759. The second kappa shape index (κ2) is 5.96. The van der Waals surface area contributed by atoms with E-state index in [1.807, 2.05) is 0 Å². The predicted octanol–water partition coefficient (Wildman–Crippen LogP) is 0.746. The van der Waals surface area contributed by atoms with Crippen molar-refractivity contribution in [1.29, 1.82) is 0 Å². The van der Waals surface area contributed by atoms with Gasteiger partial charge in [-0.1, -0.05) is 18.2 Å². The zero-order chi connectivity index (χ0) is 15.5. The van der Waals surface area contributed by atoms with Crippen LogP contribution in [0.25, 0.3) is 0 Å². The molecule has 0 bridgehead atoms. The number of carboxylic acids is 1. The standard InChI is InChI=1S/C13H14N2O5S/c16-12(17)7-9-3-1-2-4-11(9)15-13(18)14-10-5-6-21(19,20)8-10/h1-6,10H,7-8H2,(H,16,17)(H2,14,15,18). The molecule has 1 aromatic carbocycles. The number of amides is 2. The molecule has 1 aromatic rings. The third-order valence-electron chi connectivity index (χ3n) is 2.85. The first kappa shape index (κ1) is 15.0. The van der Waals surface area contributed by atoms with E-state index in [9.17, 15) is 18.0 Å². The summed E-state index contributed by atoms with van der Waals surface area (Å²) in [6, 6.07) is 5.36. The summed E-state index contributed by atoms with van der Waals surface area (Å²) in [5.74, 6) is -1.17. The smallest absolute Gasteiger partial charge is 0.319 e. The number of benzene rings is 1. The Labute approximate surface area is 121 Å². The van der Waals surface area contributed by atoms with Gasteiger partial charge in [-0.05, 0) is 17.7 Å². The van der Waals surface area contributed by atoms with Gasteiger partial charge in [0.05, 0.1) is 18.2 Å². The molecule has 0 fully saturated rings. The van der Waals surface area contributed by atoms with Gasteiger partial charge in [-0.3, -0.25) is 4.79 Å². The van der Waals surface area contributed by atoms with Crippen LogP contribution in [0.2, 0.25) is 0 Å². The molecule has 7 nitrogen and oxygen atoms in total. The summed E-state index contributed by atoms with van der Waals surface area (Å²) in [5, 5.41) is 14.9. The maximum absolute atomic E-state index is 11.8. The Bertz CT molecular complexity index is 696. The van der Waals surface area contributed by atoms with E-state index in [1.165, 1.54) is 6.08 Å². The van der Waals surface area contributed by atoms with Crippen molar-refractivity contribution in [2.24, 2.45) is 0 Å². The number of para-hydroxylation sites is 1. The van der Waals surface area contributed by atoms with Crippen LogP contribution in [0.3, 0.4) is 0 Å². The molecule has 1 heterocycles. The zero-order valence-electron chi connectivity index (χ0n) is 10.9. The van der Waals surface area contributed by atoms with E-state index < -0.39 is 27.9 Å². The third-order valence-corrected chi connectivity index (χ3v) is 4.25. The Kier molecular flexibility index (Phi) is 4.27. The molecule has 1 aliphatic heterocycles. The number of aliphatic carboxylic acids is 1. The molecule has 3 N–H and O–H groups in total. The number of carbonyl (C=O) groups excluding carboxylic acids is 1. The highest BCUT2D eigenvalue weighted by Crippen LogP contribution is 2.16. The Morgan fingerprint density at radius 1 is 1.29 bits per heavy atom. The SMILES string of the molecule is O=C(O)Cc1ccccc1NC(=O)NC1C=CS(=O)(=O)C1. The number of hydrogen-bond acceptors (Lipinski definition) is 4. The number of nitrogens with one attached hydrogen (secondary N) is 2. The van der Waals surface area contributed by atoms with E-state index >= 15 is 0 Å². The van der Waals surface area contributed by atoms with Crippen LogP contribution in [-0.4, -0.2) is 37.3 Å². The van der Waals surface area contributed by atoms with Crippen LogP contribution in [-0.2, 0) is 21.1 Å². The lowest BCUT2D eigenvalue weighted by Gasteiger charge is -2.13. The summed E-state index contributed by atoms with van der Waals surface area (Å²) in [6.07, 6.45) is 1.19. The van der Waals surface area contributed by atoms with Crippen LogP contribution < -0.4 is 10.6 Å². The normalized spacial score (nSPS) is 19.1. The fraction of sp³-hybridized carbons (Fsp3) is 0.231. The molecule has 0 saturated carbocycles. The minimum atomic E-state index is -3.24. The van der Waals surface area contributed by atoms with Gasteiger partial charge in [0, 0.05) is 11.1 Å². The highest BCUT2D eigenvalue weighted by Gasteiger charge is 2.23. The average Bonchev–Trinajstić information content (AvgIpc) is 2.70. The molecule has 21 heavy (non-hydrogen) atoms. The number of rotatable bonds is 4. The Hall–Kier alpha value is -2.35. The lowest BCUT2D eigenvalue weighted by Crippen LogP contribution is -2.38. The first-order valence-corrected chi connectivity index (χ1v) is 7.85. The van der Waals surface area contributed by atoms with E-state index in [4.69, 9.17) is 5.11 Å². The molecule has 0 aromatic heterocycles. The molecule has 0 spiro atoms. The minimum absolute atomic E-state index is 0.169. The van der Waals surface area contributed by atoms with Crippen LogP contribution in [0.15, 0.2) is 35.7 Å². The molecule has 2 amide bonds. The molecule has 2 rings (SSSR count). The average molecular weight is 310 g/mol. The molecule has 1 atom stereocenters. The van der Waals surface area contributed by atoms with Crippen molar-refractivity contribution < 1.29 is 23.1 Å². The van der Waals surface area contributed by atoms with Gasteiger partial charge < -0.3 is 15.7 Å². The number of carboxylic acid groups (broad SMARTS) is 1. The lowest BCUT2D eigenvalue weighted by atomic mass is 10.1. The van der Waals surface area contributed by atoms with Crippen LogP contribution in [0.1, 0.15) is 5.56 Å². The van der Waals surface area contributed by atoms with Crippen LogP contribution in [0.4, 0.5) is 10.5 Å². The number of carbonyl (C=O) groups is 2. The Morgan fingerprint density at radius 2 is 2.00 bits per heavy atom. The van der Waals surface area contributed by atoms with Crippen molar-refractivity contribution in [2.45, 2.75) is 12.5 Å². The van der Waals surface area contributed by atoms with E-state index in [0.29, 0.717) is 11.3 Å². The largest absolute Gasteiger partial charge is 0.481 e. The molecule has 1 unspecified atom stereocenters.